The quantitative estimate of drug-likeness (QED) is 0.360. The van der Waals surface area contributed by atoms with Gasteiger partial charge in [-0.05, 0) is 80.5 Å². The fraction of sp³-hybridized carbons (Fsp3) is 0.400. The molecule has 200 valence electrons. The van der Waals surface area contributed by atoms with Crippen LogP contribution in [-0.4, -0.2) is 31.4 Å². The standard InChI is InChI=1S/C30H32N6O3/c1-35-18-25(26(33-35)29(38)31-16-23-8-5-9-39-23)32-28(37)24-17-36(22-6-3-2-4-7-22)34-27(24)30-13-19-10-20(14-30)12-21(11-19)15-30/h2-9,17-21H,10-16H2,1H3,(H,31,38)(H,32,37). The molecule has 9 heteroatoms. The summed E-state index contributed by atoms with van der Waals surface area (Å²) in [5.41, 5.74) is 2.84. The lowest BCUT2D eigenvalue weighted by Gasteiger charge is -2.56. The molecule has 0 spiro atoms. The van der Waals surface area contributed by atoms with Gasteiger partial charge in [-0.25, -0.2) is 4.68 Å². The zero-order chi connectivity index (χ0) is 26.6. The second-order valence-corrected chi connectivity index (χ2v) is 11.7. The maximum absolute atomic E-state index is 14.0. The van der Waals surface area contributed by atoms with Gasteiger partial charge < -0.3 is 15.1 Å². The molecular weight excluding hydrogens is 492 g/mol. The molecule has 9 nitrogen and oxygen atoms in total. The first-order chi connectivity index (χ1) is 19.0. The van der Waals surface area contributed by atoms with Gasteiger partial charge in [-0.1, -0.05) is 18.2 Å². The Balaban J connectivity index is 1.21. The Bertz CT molecular complexity index is 1480. The van der Waals surface area contributed by atoms with Crippen LogP contribution in [0.4, 0.5) is 5.69 Å². The molecule has 4 aliphatic rings. The number of aryl methyl sites for hydroxylation is 1. The number of furan rings is 1. The van der Waals surface area contributed by atoms with Crippen LogP contribution in [-0.2, 0) is 19.0 Å². The molecule has 4 saturated carbocycles. The largest absolute Gasteiger partial charge is 0.467 e. The monoisotopic (exact) mass is 524 g/mol. The van der Waals surface area contributed by atoms with E-state index in [1.54, 1.807) is 31.6 Å². The van der Waals surface area contributed by atoms with Crippen molar-refractivity contribution >= 4 is 17.5 Å². The van der Waals surface area contributed by atoms with Crippen LogP contribution in [0.5, 0.6) is 0 Å². The van der Waals surface area contributed by atoms with Crippen molar-refractivity contribution in [1.82, 2.24) is 24.9 Å². The minimum Gasteiger partial charge on any atom is -0.467 e. The SMILES string of the molecule is Cn1cc(NC(=O)c2cn(-c3ccccc3)nc2C23CC4CC(CC(C4)C2)C3)c(C(=O)NCc2ccco2)n1. The predicted molar refractivity (Wildman–Crippen MR) is 144 cm³/mol. The summed E-state index contributed by atoms with van der Waals surface area (Å²) in [7, 11) is 1.73. The van der Waals surface area contributed by atoms with Crippen molar-refractivity contribution in [3.05, 3.63) is 83.8 Å². The van der Waals surface area contributed by atoms with Gasteiger partial charge in [0.05, 0.1) is 35.4 Å². The fourth-order valence-corrected chi connectivity index (χ4v) is 7.65. The normalized spacial score (nSPS) is 25.1. The van der Waals surface area contributed by atoms with Gasteiger partial charge in [0.15, 0.2) is 5.69 Å². The molecular formula is C30H32N6O3. The molecule has 4 aromatic rings. The Morgan fingerprint density at radius 1 is 0.949 bits per heavy atom. The molecule has 3 heterocycles. The minimum absolute atomic E-state index is 0.0698. The van der Waals surface area contributed by atoms with E-state index in [4.69, 9.17) is 9.52 Å². The van der Waals surface area contributed by atoms with E-state index in [9.17, 15) is 9.59 Å². The van der Waals surface area contributed by atoms with Crippen LogP contribution in [0.3, 0.4) is 0 Å². The van der Waals surface area contributed by atoms with Crippen LogP contribution in [0.15, 0.2) is 65.5 Å². The number of carbonyl (C=O) groups is 2. The second-order valence-electron chi connectivity index (χ2n) is 11.7. The van der Waals surface area contributed by atoms with Crippen molar-refractivity contribution < 1.29 is 14.0 Å². The summed E-state index contributed by atoms with van der Waals surface area (Å²) in [6, 6.07) is 13.5. The van der Waals surface area contributed by atoms with Gasteiger partial charge in [-0.2, -0.15) is 10.2 Å². The molecule has 3 aromatic heterocycles. The number of anilines is 1. The Kier molecular flexibility index (Phi) is 5.68. The molecule has 8 rings (SSSR count). The summed E-state index contributed by atoms with van der Waals surface area (Å²) < 4.78 is 8.68. The van der Waals surface area contributed by atoms with E-state index < -0.39 is 0 Å². The summed E-state index contributed by atoms with van der Waals surface area (Å²) in [6.45, 7) is 0.232. The van der Waals surface area contributed by atoms with Gasteiger partial charge >= 0.3 is 0 Å². The number of rotatable bonds is 7. The predicted octanol–water partition coefficient (Wildman–Crippen LogP) is 4.85. The van der Waals surface area contributed by atoms with Gasteiger partial charge in [-0.3, -0.25) is 14.3 Å². The first-order valence-electron chi connectivity index (χ1n) is 13.8. The smallest absolute Gasteiger partial charge is 0.274 e. The molecule has 0 unspecified atom stereocenters. The Labute approximate surface area is 226 Å². The van der Waals surface area contributed by atoms with Gasteiger partial charge in [0, 0.05) is 24.9 Å². The zero-order valence-corrected chi connectivity index (χ0v) is 22.0. The third kappa shape index (κ3) is 4.35. The van der Waals surface area contributed by atoms with Crippen LogP contribution in [0.2, 0.25) is 0 Å². The average Bonchev–Trinajstić information content (AvgIpc) is 3.67. The third-order valence-electron chi connectivity index (χ3n) is 8.82. The number of benzene rings is 1. The lowest BCUT2D eigenvalue weighted by molar-refractivity contribution is -0.00765. The van der Waals surface area contributed by atoms with E-state index in [1.165, 1.54) is 23.9 Å². The summed E-state index contributed by atoms with van der Waals surface area (Å²) in [6.07, 6.45) is 12.3. The van der Waals surface area contributed by atoms with E-state index in [0.717, 1.165) is 48.4 Å². The lowest BCUT2D eigenvalue weighted by Crippen LogP contribution is -2.49. The number of hydrogen-bond acceptors (Lipinski definition) is 5. The second kappa shape index (κ2) is 9.25. The maximum Gasteiger partial charge on any atom is 0.274 e. The average molecular weight is 525 g/mol. The number of aromatic nitrogens is 4. The van der Waals surface area contributed by atoms with Crippen molar-refractivity contribution in [3.8, 4) is 5.69 Å². The van der Waals surface area contributed by atoms with Crippen molar-refractivity contribution in [2.45, 2.75) is 50.5 Å². The number of para-hydroxylation sites is 1. The molecule has 2 N–H and O–H groups in total. The highest BCUT2D eigenvalue weighted by molar-refractivity contribution is 6.08. The van der Waals surface area contributed by atoms with Gasteiger partial charge in [0.25, 0.3) is 11.8 Å². The molecule has 0 aliphatic heterocycles. The summed E-state index contributed by atoms with van der Waals surface area (Å²) in [5, 5.41) is 15.2. The molecule has 4 fully saturated rings. The maximum atomic E-state index is 14.0. The molecule has 39 heavy (non-hydrogen) atoms. The first-order valence-corrected chi connectivity index (χ1v) is 13.8. The van der Waals surface area contributed by atoms with Crippen LogP contribution in [0, 0.1) is 17.8 Å². The summed E-state index contributed by atoms with van der Waals surface area (Å²) in [5.74, 6) is 2.14. The van der Waals surface area contributed by atoms with Crippen LogP contribution in [0.25, 0.3) is 5.69 Å². The zero-order valence-electron chi connectivity index (χ0n) is 22.0. The van der Waals surface area contributed by atoms with E-state index >= 15 is 0 Å². The molecule has 0 radical (unpaired) electrons. The van der Waals surface area contributed by atoms with Crippen molar-refractivity contribution in [1.29, 1.82) is 0 Å². The highest BCUT2D eigenvalue weighted by atomic mass is 16.3. The van der Waals surface area contributed by atoms with Gasteiger partial charge in [0.2, 0.25) is 0 Å². The van der Waals surface area contributed by atoms with Gasteiger partial charge in [0.1, 0.15) is 5.76 Å². The van der Waals surface area contributed by atoms with E-state index in [2.05, 4.69) is 15.7 Å². The van der Waals surface area contributed by atoms with Crippen molar-refractivity contribution in [2.24, 2.45) is 24.8 Å². The molecule has 0 saturated heterocycles. The minimum atomic E-state index is -0.386. The van der Waals surface area contributed by atoms with Crippen molar-refractivity contribution in [2.75, 3.05) is 5.32 Å². The van der Waals surface area contributed by atoms with E-state index in [-0.39, 0.29) is 29.5 Å². The summed E-state index contributed by atoms with van der Waals surface area (Å²) >= 11 is 0. The fourth-order valence-electron chi connectivity index (χ4n) is 7.65. The van der Waals surface area contributed by atoms with Crippen LogP contribution in [0.1, 0.15) is 70.8 Å². The first kappa shape index (κ1) is 23.9. The third-order valence-corrected chi connectivity index (χ3v) is 8.82. The number of carbonyl (C=O) groups excluding carboxylic acids is 2. The Morgan fingerprint density at radius 2 is 1.67 bits per heavy atom. The van der Waals surface area contributed by atoms with E-state index in [1.807, 2.05) is 41.2 Å². The highest BCUT2D eigenvalue weighted by Gasteiger charge is 2.54. The summed E-state index contributed by atoms with van der Waals surface area (Å²) in [4.78, 5) is 26.9. The number of nitrogens with zero attached hydrogens (tertiary/aromatic N) is 4. The number of amides is 2. The lowest BCUT2D eigenvalue weighted by atomic mass is 9.48. The highest BCUT2D eigenvalue weighted by Crippen LogP contribution is 2.61. The van der Waals surface area contributed by atoms with Crippen molar-refractivity contribution in [3.63, 3.8) is 0 Å². The molecule has 0 atom stereocenters. The van der Waals surface area contributed by atoms with E-state index in [0.29, 0.717) is 17.0 Å². The number of nitrogens with one attached hydrogen (secondary N) is 2. The van der Waals surface area contributed by atoms with Crippen LogP contribution >= 0.6 is 0 Å². The molecule has 1 aromatic carbocycles. The van der Waals surface area contributed by atoms with Gasteiger partial charge in [-0.15, -0.1) is 0 Å². The molecule has 4 aliphatic carbocycles. The topological polar surface area (TPSA) is 107 Å². The number of hydrogen-bond donors (Lipinski definition) is 2. The van der Waals surface area contributed by atoms with Crippen LogP contribution < -0.4 is 10.6 Å². The Hall–Kier alpha value is -4.14. The molecule has 2 amide bonds. The Morgan fingerprint density at radius 3 is 2.33 bits per heavy atom. The molecule has 4 bridgehead atoms.